The van der Waals surface area contributed by atoms with Crippen LogP contribution in [-0.2, 0) is 11.3 Å². The highest BCUT2D eigenvalue weighted by Crippen LogP contribution is 2.21. The third-order valence-corrected chi connectivity index (χ3v) is 4.18. The fraction of sp³-hybridized carbons (Fsp3) is 0.263. The van der Waals surface area contributed by atoms with Crippen LogP contribution in [0.15, 0.2) is 48.0 Å². The van der Waals surface area contributed by atoms with Crippen molar-refractivity contribution in [3.63, 3.8) is 0 Å². The Labute approximate surface area is 166 Å². The molecule has 3 rings (SSSR count). The molecule has 1 amide bonds. The van der Waals surface area contributed by atoms with Crippen molar-refractivity contribution in [2.24, 2.45) is 0 Å². The van der Waals surface area contributed by atoms with E-state index in [1.165, 1.54) is 16.8 Å². The summed E-state index contributed by atoms with van der Waals surface area (Å²) in [7, 11) is 1.59. The summed E-state index contributed by atoms with van der Waals surface area (Å²) in [4.78, 5) is 16.9. The third kappa shape index (κ3) is 5.73. The van der Waals surface area contributed by atoms with Crippen molar-refractivity contribution in [3.05, 3.63) is 59.1 Å². The molecule has 1 N–H and O–H groups in total. The summed E-state index contributed by atoms with van der Waals surface area (Å²) in [6, 6.07) is 12.8. The fourth-order valence-corrected chi connectivity index (χ4v) is 2.79. The van der Waals surface area contributed by atoms with Gasteiger partial charge in [-0.2, -0.15) is 4.98 Å². The number of aromatic nitrogens is 3. The Morgan fingerprint density at radius 1 is 1.21 bits per heavy atom. The summed E-state index contributed by atoms with van der Waals surface area (Å²) in [5.41, 5.74) is 2.87. The molecule has 0 radical (unpaired) electrons. The number of hydrogen-bond acceptors (Lipinski definition) is 8. The summed E-state index contributed by atoms with van der Waals surface area (Å²) in [6.07, 6.45) is -0.235. The van der Waals surface area contributed by atoms with Gasteiger partial charge < -0.3 is 14.2 Å². The Morgan fingerprint density at radius 3 is 2.71 bits per heavy atom. The number of benzene rings is 1. The van der Waals surface area contributed by atoms with Crippen molar-refractivity contribution in [1.82, 2.24) is 15.2 Å². The van der Waals surface area contributed by atoms with Gasteiger partial charge in [-0.1, -0.05) is 41.7 Å². The van der Waals surface area contributed by atoms with E-state index in [2.05, 4.69) is 20.5 Å². The van der Waals surface area contributed by atoms with Gasteiger partial charge in [0.15, 0.2) is 0 Å². The van der Waals surface area contributed by atoms with Crippen molar-refractivity contribution >= 4 is 22.4 Å². The summed E-state index contributed by atoms with van der Waals surface area (Å²) in [5, 5.41) is 10.6. The number of carbonyl (C=O) groups excluding carboxylic acids is 1. The van der Waals surface area contributed by atoms with Crippen LogP contribution < -0.4 is 14.8 Å². The SMILES string of the molecule is COCC(C)Oc1cc(C(=O)Nc2nncs2)cc(OCc2ccccc2)n1. The van der Waals surface area contributed by atoms with Crippen molar-refractivity contribution in [3.8, 4) is 11.8 Å². The number of carbonyl (C=O) groups is 1. The lowest BCUT2D eigenvalue weighted by molar-refractivity contribution is 0.0879. The van der Waals surface area contributed by atoms with Crippen LogP contribution in [0.25, 0.3) is 0 Å². The molecule has 0 saturated carbocycles. The maximum Gasteiger partial charge on any atom is 0.257 e. The topological polar surface area (TPSA) is 95.5 Å². The molecule has 1 unspecified atom stereocenters. The van der Waals surface area contributed by atoms with E-state index in [9.17, 15) is 4.79 Å². The van der Waals surface area contributed by atoms with E-state index in [4.69, 9.17) is 14.2 Å². The van der Waals surface area contributed by atoms with Crippen LogP contribution in [0.3, 0.4) is 0 Å². The first-order valence-corrected chi connectivity index (χ1v) is 9.44. The zero-order valence-electron chi connectivity index (χ0n) is 15.5. The molecule has 2 heterocycles. The van der Waals surface area contributed by atoms with Gasteiger partial charge in [-0.25, -0.2) is 0 Å². The summed E-state index contributed by atoms with van der Waals surface area (Å²) in [5.74, 6) is 0.207. The van der Waals surface area contributed by atoms with E-state index in [-0.39, 0.29) is 23.8 Å². The highest BCUT2D eigenvalue weighted by Gasteiger charge is 2.15. The smallest absolute Gasteiger partial charge is 0.257 e. The molecule has 9 heteroatoms. The van der Waals surface area contributed by atoms with Crippen LogP contribution in [-0.4, -0.2) is 40.9 Å². The van der Waals surface area contributed by atoms with Crippen LogP contribution >= 0.6 is 11.3 Å². The number of methoxy groups -OCH3 is 1. The lowest BCUT2D eigenvalue weighted by Crippen LogP contribution is -2.19. The van der Waals surface area contributed by atoms with Crippen molar-refractivity contribution < 1.29 is 19.0 Å². The van der Waals surface area contributed by atoms with Crippen LogP contribution in [0.1, 0.15) is 22.8 Å². The monoisotopic (exact) mass is 400 g/mol. The molecule has 0 bridgehead atoms. The molecule has 1 aromatic carbocycles. The van der Waals surface area contributed by atoms with Crippen molar-refractivity contribution in [1.29, 1.82) is 0 Å². The second kappa shape index (κ2) is 9.77. The zero-order valence-corrected chi connectivity index (χ0v) is 16.3. The van der Waals surface area contributed by atoms with Gasteiger partial charge in [0.1, 0.15) is 18.2 Å². The number of hydrogen-bond donors (Lipinski definition) is 1. The minimum atomic E-state index is -0.354. The molecule has 0 aliphatic carbocycles. The van der Waals surface area contributed by atoms with Gasteiger partial charge in [-0.15, -0.1) is 10.2 Å². The largest absolute Gasteiger partial charge is 0.473 e. The molecule has 0 aliphatic rings. The van der Waals surface area contributed by atoms with E-state index in [0.717, 1.165) is 5.56 Å². The first-order valence-electron chi connectivity index (χ1n) is 8.56. The predicted molar refractivity (Wildman–Crippen MR) is 105 cm³/mol. The molecule has 0 spiro atoms. The molecule has 0 saturated heterocycles. The molecular formula is C19H20N4O4S. The number of nitrogens with one attached hydrogen (secondary N) is 1. The van der Waals surface area contributed by atoms with Gasteiger partial charge in [0, 0.05) is 19.2 Å². The minimum Gasteiger partial charge on any atom is -0.473 e. The summed E-state index contributed by atoms with van der Waals surface area (Å²) in [6.45, 7) is 2.56. The van der Waals surface area contributed by atoms with Gasteiger partial charge >= 0.3 is 0 Å². The Kier molecular flexibility index (Phi) is 6.88. The van der Waals surface area contributed by atoms with Crippen molar-refractivity contribution in [2.45, 2.75) is 19.6 Å². The van der Waals surface area contributed by atoms with Crippen molar-refractivity contribution in [2.75, 3.05) is 19.0 Å². The van der Waals surface area contributed by atoms with E-state index in [1.807, 2.05) is 37.3 Å². The maximum atomic E-state index is 12.6. The quantitative estimate of drug-likeness (QED) is 0.589. The number of rotatable bonds is 9. The van der Waals surface area contributed by atoms with E-state index in [0.29, 0.717) is 23.9 Å². The summed E-state index contributed by atoms with van der Waals surface area (Å²) < 4.78 is 16.6. The number of anilines is 1. The molecule has 8 nitrogen and oxygen atoms in total. The normalized spacial score (nSPS) is 11.6. The Bertz CT molecular complexity index is 890. The zero-order chi connectivity index (χ0) is 19.8. The molecule has 146 valence electrons. The van der Waals surface area contributed by atoms with Crippen LogP contribution in [0.2, 0.25) is 0 Å². The molecule has 3 aromatic rings. The first kappa shape index (κ1) is 19.7. The number of amides is 1. The molecule has 0 fully saturated rings. The second-order valence-electron chi connectivity index (χ2n) is 5.89. The second-order valence-corrected chi connectivity index (χ2v) is 6.72. The first-order chi connectivity index (χ1) is 13.6. The minimum absolute atomic E-state index is 0.235. The van der Waals surface area contributed by atoms with Gasteiger partial charge in [0.2, 0.25) is 16.9 Å². The molecular weight excluding hydrogens is 380 g/mol. The van der Waals surface area contributed by atoms with Gasteiger partial charge in [-0.3, -0.25) is 10.1 Å². The average molecular weight is 400 g/mol. The van der Waals surface area contributed by atoms with Crippen LogP contribution in [0.5, 0.6) is 11.8 Å². The highest BCUT2D eigenvalue weighted by molar-refractivity contribution is 7.13. The average Bonchev–Trinajstić information content (AvgIpc) is 3.20. The van der Waals surface area contributed by atoms with E-state index < -0.39 is 0 Å². The number of ether oxygens (including phenoxy) is 3. The molecule has 0 aliphatic heterocycles. The molecule has 2 aromatic heterocycles. The Hall–Kier alpha value is -3.04. The number of nitrogens with zero attached hydrogens (tertiary/aromatic N) is 3. The van der Waals surface area contributed by atoms with Gasteiger partial charge in [0.25, 0.3) is 5.91 Å². The highest BCUT2D eigenvalue weighted by atomic mass is 32.1. The Balaban J connectivity index is 1.79. The molecule has 1 atom stereocenters. The maximum absolute atomic E-state index is 12.6. The van der Waals surface area contributed by atoms with Gasteiger partial charge in [-0.05, 0) is 12.5 Å². The molecule has 28 heavy (non-hydrogen) atoms. The third-order valence-electron chi connectivity index (χ3n) is 3.57. The van der Waals surface area contributed by atoms with Crippen LogP contribution in [0, 0.1) is 0 Å². The van der Waals surface area contributed by atoms with Crippen LogP contribution in [0.4, 0.5) is 5.13 Å². The predicted octanol–water partition coefficient (Wildman–Crippen LogP) is 3.18. The lowest BCUT2D eigenvalue weighted by Gasteiger charge is -2.15. The van der Waals surface area contributed by atoms with E-state index in [1.54, 1.807) is 19.2 Å². The lowest BCUT2D eigenvalue weighted by atomic mass is 10.2. The van der Waals surface area contributed by atoms with E-state index >= 15 is 0 Å². The fourth-order valence-electron chi connectivity index (χ4n) is 2.35. The number of pyridine rings is 1. The summed E-state index contributed by atoms with van der Waals surface area (Å²) >= 11 is 1.23. The Morgan fingerprint density at radius 2 is 2.00 bits per heavy atom. The van der Waals surface area contributed by atoms with Gasteiger partial charge in [0.05, 0.1) is 12.2 Å². The standard InChI is InChI=1S/C19H20N4O4S/c1-13(10-25-2)27-17-9-15(18(24)22-19-23-20-12-28-19)8-16(21-17)26-11-14-6-4-3-5-7-14/h3-9,12-13H,10-11H2,1-2H3,(H,22,23,24).